The molecule has 0 aliphatic rings. The van der Waals surface area contributed by atoms with Crippen molar-refractivity contribution in [2.45, 2.75) is 6.92 Å². The summed E-state index contributed by atoms with van der Waals surface area (Å²) in [5.74, 6) is 0.497. The van der Waals surface area contributed by atoms with Crippen LogP contribution in [0.3, 0.4) is 0 Å². The summed E-state index contributed by atoms with van der Waals surface area (Å²) in [5, 5.41) is 3.18. The Labute approximate surface area is 132 Å². The molecule has 126 valence electrons. The highest BCUT2D eigenvalue weighted by Crippen LogP contribution is 1.91. The maximum Gasteiger partial charge on any atom is 0.0701 e. The van der Waals surface area contributed by atoms with Gasteiger partial charge in [-0.2, -0.15) is 0 Å². The molecule has 0 rings (SSSR count). The molecule has 0 heterocycles. The van der Waals surface area contributed by atoms with Crippen molar-refractivity contribution in [1.82, 2.24) is 5.32 Å². The van der Waals surface area contributed by atoms with Crippen LogP contribution in [-0.2, 0) is 18.9 Å². The number of hydrogen-bond donors (Lipinski definition) is 2. The molecular formula is C14H29ClN2O4. The Morgan fingerprint density at radius 2 is 1.38 bits per heavy atom. The van der Waals surface area contributed by atoms with Crippen LogP contribution in [0.2, 0.25) is 0 Å². The average Bonchev–Trinajstić information content (AvgIpc) is 2.51. The van der Waals surface area contributed by atoms with Crippen LogP contribution in [0, 0.1) is 0 Å². The Morgan fingerprint density at radius 3 is 1.81 bits per heavy atom. The SMILES string of the molecule is C/C=C(/CCl)NCCOCCOCCOCCOCCN. The molecule has 21 heavy (non-hydrogen) atoms. The van der Waals surface area contributed by atoms with Crippen LogP contribution in [0.25, 0.3) is 0 Å². The summed E-state index contributed by atoms with van der Waals surface area (Å²) < 4.78 is 21.3. The van der Waals surface area contributed by atoms with E-state index in [4.69, 9.17) is 36.3 Å². The molecule has 0 atom stereocenters. The second-order valence-corrected chi connectivity index (χ2v) is 4.38. The van der Waals surface area contributed by atoms with Crippen molar-refractivity contribution in [3.05, 3.63) is 11.8 Å². The molecule has 7 heteroatoms. The first kappa shape index (κ1) is 20.6. The summed E-state index contributed by atoms with van der Waals surface area (Å²) in [6.45, 7) is 7.86. The maximum absolute atomic E-state index is 5.71. The quantitative estimate of drug-likeness (QED) is 0.322. The molecule has 0 amide bonds. The van der Waals surface area contributed by atoms with Crippen LogP contribution in [0.1, 0.15) is 6.92 Å². The summed E-state index contributed by atoms with van der Waals surface area (Å²) in [7, 11) is 0. The van der Waals surface area contributed by atoms with Crippen molar-refractivity contribution in [3.63, 3.8) is 0 Å². The molecule has 3 N–H and O–H groups in total. The zero-order valence-electron chi connectivity index (χ0n) is 12.9. The molecule has 0 aromatic rings. The molecule has 0 radical (unpaired) electrons. The molecule has 0 aliphatic heterocycles. The minimum Gasteiger partial charge on any atom is -0.385 e. The van der Waals surface area contributed by atoms with Gasteiger partial charge >= 0.3 is 0 Å². The van der Waals surface area contributed by atoms with Crippen LogP contribution in [0.5, 0.6) is 0 Å². The lowest BCUT2D eigenvalue weighted by Gasteiger charge is -2.09. The molecule has 0 bridgehead atoms. The van der Waals surface area contributed by atoms with E-state index in [1.807, 2.05) is 13.0 Å². The van der Waals surface area contributed by atoms with Gasteiger partial charge in [-0.05, 0) is 6.92 Å². The first-order chi connectivity index (χ1) is 10.3. The van der Waals surface area contributed by atoms with Crippen LogP contribution < -0.4 is 11.1 Å². The van der Waals surface area contributed by atoms with Crippen molar-refractivity contribution in [2.75, 3.05) is 71.8 Å². The number of hydrogen-bond acceptors (Lipinski definition) is 6. The number of allylic oxidation sites excluding steroid dienone is 2. The standard InChI is InChI=1S/C14H29ClN2O4/c1-2-14(13-15)17-4-6-19-8-10-21-12-11-20-9-7-18-5-3-16/h2,17H,3-13,16H2,1H3/b14-2-. The lowest BCUT2D eigenvalue weighted by Crippen LogP contribution is -2.21. The second-order valence-electron chi connectivity index (χ2n) is 4.11. The van der Waals surface area contributed by atoms with Gasteiger partial charge in [0.1, 0.15) is 0 Å². The first-order valence-electron chi connectivity index (χ1n) is 7.31. The van der Waals surface area contributed by atoms with E-state index >= 15 is 0 Å². The molecule has 0 fully saturated rings. The fraction of sp³-hybridized carbons (Fsp3) is 0.857. The Kier molecular flexibility index (Phi) is 17.4. The molecule has 0 saturated carbocycles. The van der Waals surface area contributed by atoms with Gasteiger partial charge in [-0.1, -0.05) is 6.08 Å². The second kappa shape index (κ2) is 17.7. The minimum absolute atomic E-state index is 0.497. The summed E-state index contributed by atoms with van der Waals surface area (Å²) in [6, 6.07) is 0. The van der Waals surface area contributed by atoms with Crippen molar-refractivity contribution < 1.29 is 18.9 Å². The monoisotopic (exact) mass is 324 g/mol. The third-order valence-electron chi connectivity index (χ3n) is 2.47. The van der Waals surface area contributed by atoms with E-state index in [1.165, 1.54) is 0 Å². The van der Waals surface area contributed by atoms with Gasteiger partial charge in [-0.15, -0.1) is 11.6 Å². The van der Waals surface area contributed by atoms with E-state index in [0.29, 0.717) is 65.3 Å². The topological polar surface area (TPSA) is 75.0 Å². The first-order valence-corrected chi connectivity index (χ1v) is 7.84. The number of alkyl halides is 1. The number of ether oxygens (including phenoxy) is 4. The average molecular weight is 325 g/mol. The van der Waals surface area contributed by atoms with Gasteiger partial charge < -0.3 is 30.0 Å². The highest BCUT2D eigenvalue weighted by atomic mass is 35.5. The largest absolute Gasteiger partial charge is 0.385 e. The van der Waals surface area contributed by atoms with Gasteiger partial charge in [0, 0.05) is 18.8 Å². The molecule has 0 spiro atoms. The van der Waals surface area contributed by atoms with E-state index in [1.54, 1.807) is 0 Å². The van der Waals surface area contributed by atoms with Crippen molar-refractivity contribution >= 4 is 11.6 Å². The fourth-order valence-corrected chi connectivity index (χ4v) is 1.60. The zero-order chi connectivity index (χ0) is 15.6. The van der Waals surface area contributed by atoms with E-state index in [0.717, 1.165) is 12.2 Å². The van der Waals surface area contributed by atoms with E-state index < -0.39 is 0 Å². The number of rotatable bonds is 16. The maximum atomic E-state index is 5.71. The lowest BCUT2D eigenvalue weighted by atomic mass is 10.4. The number of nitrogens with two attached hydrogens (primary N) is 1. The van der Waals surface area contributed by atoms with Crippen molar-refractivity contribution in [1.29, 1.82) is 0 Å². The Morgan fingerprint density at radius 1 is 0.905 bits per heavy atom. The molecule has 0 aromatic heterocycles. The lowest BCUT2D eigenvalue weighted by molar-refractivity contribution is -0.000496. The summed E-state index contributed by atoms with van der Waals surface area (Å²) in [6.07, 6.45) is 1.96. The van der Waals surface area contributed by atoms with Gasteiger partial charge in [0.05, 0.1) is 58.7 Å². The number of nitrogens with one attached hydrogen (secondary N) is 1. The van der Waals surface area contributed by atoms with Gasteiger partial charge in [-0.3, -0.25) is 0 Å². The number of halogens is 1. The zero-order valence-corrected chi connectivity index (χ0v) is 13.7. The van der Waals surface area contributed by atoms with E-state index in [9.17, 15) is 0 Å². The molecule has 0 unspecified atom stereocenters. The van der Waals surface area contributed by atoms with Gasteiger partial charge in [0.2, 0.25) is 0 Å². The highest BCUT2D eigenvalue weighted by molar-refractivity contribution is 6.19. The fourth-order valence-electron chi connectivity index (χ4n) is 1.36. The smallest absolute Gasteiger partial charge is 0.0701 e. The van der Waals surface area contributed by atoms with Crippen molar-refractivity contribution in [2.24, 2.45) is 5.73 Å². The molecule has 6 nitrogen and oxygen atoms in total. The van der Waals surface area contributed by atoms with Crippen LogP contribution in [-0.4, -0.2) is 71.8 Å². The minimum atomic E-state index is 0.497. The summed E-state index contributed by atoms with van der Waals surface area (Å²) >= 11 is 5.71. The normalized spacial score (nSPS) is 11.9. The molecule has 0 aliphatic carbocycles. The molecule has 0 saturated heterocycles. The van der Waals surface area contributed by atoms with Gasteiger partial charge in [0.15, 0.2) is 0 Å². The van der Waals surface area contributed by atoms with Gasteiger partial charge in [0.25, 0.3) is 0 Å². The van der Waals surface area contributed by atoms with E-state index in [2.05, 4.69) is 5.32 Å². The van der Waals surface area contributed by atoms with Crippen LogP contribution in [0.4, 0.5) is 0 Å². The van der Waals surface area contributed by atoms with Gasteiger partial charge in [-0.25, -0.2) is 0 Å². The van der Waals surface area contributed by atoms with E-state index in [-0.39, 0.29) is 0 Å². The van der Waals surface area contributed by atoms with Crippen LogP contribution in [0.15, 0.2) is 11.8 Å². The third-order valence-corrected chi connectivity index (χ3v) is 2.76. The Hall–Kier alpha value is -0.370. The predicted molar refractivity (Wildman–Crippen MR) is 84.8 cm³/mol. The summed E-state index contributed by atoms with van der Waals surface area (Å²) in [5.41, 5.74) is 6.30. The van der Waals surface area contributed by atoms with Crippen molar-refractivity contribution in [3.8, 4) is 0 Å². The van der Waals surface area contributed by atoms with Crippen LogP contribution >= 0.6 is 11.6 Å². The summed E-state index contributed by atoms with van der Waals surface area (Å²) in [4.78, 5) is 0. The molecular weight excluding hydrogens is 296 g/mol. The Balaban J connectivity index is 3.06. The third kappa shape index (κ3) is 15.8. The molecule has 0 aromatic carbocycles. The Bertz CT molecular complexity index is 243. The highest BCUT2D eigenvalue weighted by Gasteiger charge is 1.94. The predicted octanol–water partition coefficient (Wildman–Crippen LogP) is 0.744.